The van der Waals surface area contributed by atoms with Crippen LogP contribution < -0.4 is 4.74 Å². The average molecular weight is 632 g/mol. The van der Waals surface area contributed by atoms with Crippen molar-refractivity contribution in [2.45, 2.75) is 114 Å². The van der Waals surface area contributed by atoms with E-state index in [1.54, 1.807) is 13.2 Å². The highest BCUT2D eigenvalue weighted by Gasteiger charge is 2.69. The van der Waals surface area contributed by atoms with Gasteiger partial charge in [-0.05, 0) is 39.9 Å². The van der Waals surface area contributed by atoms with Gasteiger partial charge in [-0.15, -0.1) is 0 Å². The average Bonchev–Trinajstić information content (AvgIpc) is 3.24. The second-order valence-corrected chi connectivity index (χ2v) is 22.5. The highest BCUT2D eigenvalue weighted by Crippen LogP contribution is 2.54. The molecule has 2 amide bonds. The van der Waals surface area contributed by atoms with Gasteiger partial charge in [0.05, 0.1) is 32.8 Å². The van der Waals surface area contributed by atoms with Gasteiger partial charge >= 0.3 is 17.1 Å². The Hall–Kier alpha value is -1.87. The predicted octanol–water partition coefficient (Wildman–Crippen LogP) is 5.62. The van der Waals surface area contributed by atoms with Crippen LogP contribution in [0.5, 0.6) is 5.75 Å². The number of ether oxygens (including phenoxy) is 3. The third-order valence-electron chi connectivity index (χ3n) is 9.90. The summed E-state index contributed by atoms with van der Waals surface area (Å²) in [5.41, 5.74) is 0.746. The molecule has 238 valence electrons. The number of benzene rings is 1. The molecule has 9 nitrogen and oxygen atoms in total. The van der Waals surface area contributed by atoms with Crippen LogP contribution in [0.3, 0.4) is 0 Å². The van der Waals surface area contributed by atoms with E-state index in [0.717, 1.165) is 5.56 Å². The first kappa shape index (κ1) is 32.5. The van der Waals surface area contributed by atoms with E-state index in [2.05, 4.69) is 55.4 Å². The number of carbonyl (C=O) groups excluding carboxylic acids is 2. The van der Waals surface area contributed by atoms with Crippen LogP contribution in [0.1, 0.15) is 67.4 Å². The molecule has 1 spiro atoms. The lowest BCUT2D eigenvalue weighted by molar-refractivity contribution is -0.216. The van der Waals surface area contributed by atoms with E-state index in [1.807, 2.05) is 24.3 Å². The maximum Gasteiger partial charge on any atom is 0.335 e. The van der Waals surface area contributed by atoms with Crippen LogP contribution in [-0.2, 0) is 38.6 Å². The minimum Gasteiger partial charge on any atom is -0.497 e. The lowest BCUT2D eigenvalue weighted by Crippen LogP contribution is -2.69. The van der Waals surface area contributed by atoms with Gasteiger partial charge in [-0.25, -0.2) is 0 Å². The highest BCUT2D eigenvalue weighted by molar-refractivity contribution is 6.84. The highest BCUT2D eigenvalue weighted by atomic mass is 28.5. The number of carbonyl (C=O) groups is 2. The summed E-state index contributed by atoms with van der Waals surface area (Å²) in [4.78, 5) is 28.3. The Bertz CT molecular complexity index is 1200. The molecule has 0 saturated carbocycles. The number of methoxy groups -OCH3 is 1. The fourth-order valence-electron chi connectivity index (χ4n) is 7.40. The molecule has 0 N–H and O–H groups in total. The summed E-state index contributed by atoms with van der Waals surface area (Å²) < 4.78 is 40.2. The lowest BCUT2D eigenvalue weighted by Gasteiger charge is -2.54. The summed E-state index contributed by atoms with van der Waals surface area (Å²) in [6, 6.07) is 7.38. The Kier molecular flexibility index (Phi) is 9.19. The molecule has 0 radical (unpaired) electrons. The summed E-state index contributed by atoms with van der Waals surface area (Å²) in [6.45, 7) is 18.6. The minimum atomic E-state index is -2.92. The number of rotatable bonds is 8. The number of amides is 2. The third-order valence-corrected chi connectivity index (χ3v) is 20.1. The summed E-state index contributed by atoms with van der Waals surface area (Å²) in [5, 5.41) is 0. The van der Waals surface area contributed by atoms with Gasteiger partial charge in [0.2, 0.25) is 5.91 Å². The van der Waals surface area contributed by atoms with Gasteiger partial charge in [-0.3, -0.25) is 14.5 Å². The van der Waals surface area contributed by atoms with E-state index < -0.39 is 47.0 Å². The first-order valence-electron chi connectivity index (χ1n) is 15.8. The van der Waals surface area contributed by atoms with E-state index in [1.165, 1.54) is 11.0 Å². The molecule has 1 aromatic rings. The van der Waals surface area contributed by atoms with E-state index in [4.69, 9.17) is 27.2 Å². The SMILES string of the molecule is COc1ccc(CN2C(=O)C=CC(C3O[C@@H]4CO[Si](C(C)C)(C(C)C)O[Si](C(C)C)(C(C)C)O[C@H]4[C@]34CCO4)C2=O)cc1. The summed E-state index contributed by atoms with van der Waals surface area (Å²) in [5.74, 6) is -0.612. The smallest absolute Gasteiger partial charge is 0.335 e. The molecule has 43 heavy (non-hydrogen) atoms. The van der Waals surface area contributed by atoms with Crippen molar-refractivity contribution < 1.29 is 36.8 Å². The first-order chi connectivity index (χ1) is 20.3. The van der Waals surface area contributed by atoms with Crippen LogP contribution in [0.25, 0.3) is 0 Å². The molecular weight excluding hydrogens is 583 g/mol. The lowest BCUT2D eigenvalue weighted by atomic mass is 9.77. The predicted molar refractivity (Wildman–Crippen MR) is 167 cm³/mol. The van der Waals surface area contributed by atoms with Crippen LogP contribution in [0.4, 0.5) is 0 Å². The fraction of sp³-hybridized carbons (Fsp3) is 0.688. The Morgan fingerprint density at radius 1 is 0.930 bits per heavy atom. The van der Waals surface area contributed by atoms with E-state index >= 15 is 0 Å². The van der Waals surface area contributed by atoms with Crippen LogP contribution >= 0.6 is 0 Å². The van der Waals surface area contributed by atoms with Crippen molar-refractivity contribution in [1.82, 2.24) is 4.90 Å². The summed E-state index contributed by atoms with van der Waals surface area (Å²) in [6.07, 6.45) is 2.40. The molecule has 3 fully saturated rings. The number of hydrogen-bond donors (Lipinski definition) is 0. The van der Waals surface area contributed by atoms with Gasteiger partial charge in [0.1, 0.15) is 29.7 Å². The molecule has 11 heteroatoms. The molecule has 1 aromatic carbocycles. The van der Waals surface area contributed by atoms with Crippen molar-refractivity contribution in [3.8, 4) is 5.75 Å². The van der Waals surface area contributed by atoms with Crippen molar-refractivity contribution in [1.29, 1.82) is 0 Å². The zero-order valence-corrected chi connectivity index (χ0v) is 29.1. The quantitative estimate of drug-likeness (QED) is 0.270. The van der Waals surface area contributed by atoms with Crippen molar-refractivity contribution in [3.63, 3.8) is 0 Å². The molecular formula is C32H49NO8Si2. The number of nitrogens with zero attached hydrogens (tertiary/aromatic N) is 1. The van der Waals surface area contributed by atoms with Crippen molar-refractivity contribution in [2.75, 3.05) is 20.3 Å². The maximum absolute atomic E-state index is 14.1. The van der Waals surface area contributed by atoms with Crippen LogP contribution in [-0.4, -0.2) is 78.1 Å². The molecule has 0 bridgehead atoms. The zero-order chi connectivity index (χ0) is 31.3. The zero-order valence-electron chi connectivity index (χ0n) is 27.1. The van der Waals surface area contributed by atoms with Crippen molar-refractivity contribution in [2.24, 2.45) is 5.92 Å². The molecule has 3 saturated heterocycles. The number of hydrogen-bond acceptors (Lipinski definition) is 8. The first-order valence-corrected chi connectivity index (χ1v) is 19.7. The normalized spacial score (nSPS) is 32.0. The second-order valence-electron chi connectivity index (χ2n) is 13.7. The van der Waals surface area contributed by atoms with E-state index in [9.17, 15) is 9.59 Å². The molecule has 2 unspecified atom stereocenters. The summed E-state index contributed by atoms with van der Waals surface area (Å²) in [7, 11) is -4.07. The topological polar surface area (TPSA) is 92.8 Å². The van der Waals surface area contributed by atoms with Gasteiger partial charge in [-0.1, -0.05) is 73.6 Å². The van der Waals surface area contributed by atoms with Crippen LogP contribution in [0, 0.1) is 5.92 Å². The number of fused-ring (bicyclic) bond motifs is 2. The number of imide groups is 1. The monoisotopic (exact) mass is 631 g/mol. The Labute approximate surface area is 258 Å². The van der Waals surface area contributed by atoms with Crippen molar-refractivity contribution in [3.05, 3.63) is 42.0 Å². The maximum atomic E-state index is 14.1. The van der Waals surface area contributed by atoms with Crippen molar-refractivity contribution >= 4 is 28.9 Å². The Balaban J connectivity index is 1.50. The van der Waals surface area contributed by atoms with Crippen LogP contribution in [0.15, 0.2) is 36.4 Å². The second kappa shape index (κ2) is 12.1. The Morgan fingerprint density at radius 2 is 1.53 bits per heavy atom. The van der Waals surface area contributed by atoms with Gasteiger partial charge in [-0.2, -0.15) is 0 Å². The fourth-order valence-corrected chi connectivity index (χ4v) is 18.6. The molecule has 4 heterocycles. The largest absolute Gasteiger partial charge is 0.497 e. The molecule has 5 atom stereocenters. The van der Waals surface area contributed by atoms with Gasteiger partial charge in [0, 0.05) is 12.5 Å². The molecule has 0 aromatic heterocycles. The molecule has 4 aliphatic heterocycles. The van der Waals surface area contributed by atoms with Gasteiger partial charge < -0.3 is 27.2 Å². The Morgan fingerprint density at radius 3 is 2.05 bits per heavy atom. The summed E-state index contributed by atoms with van der Waals surface area (Å²) >= 11 is 0. The van der Waals surface area contributed by atoms with Gasteiger partial charge in [0.25, 0.3) is 5.91 Å². The van der Waals surface area contributed by atoms with Crippen LogP contribution in [0.2, 0.25) is 22.2 Å². The molecule has 0 aliphatic carbocycles. The van der Waals surface area contributed by atoms with E-state index in [-0.39, 0.29) is 40.5 Å². The third kappa shape index (κ3) is 5.38. The minimum absolute atomic E-state index is 0.157. The standard InChI is InChI=1S/C32H49NO8Si2/c1-20(2)42(21(3)4)38-19-27-30(40-43(41-42,22(5)6)23(7)8)32(16-17-37-32)29(39-27)26-14-15-28(34)33(31(26)35)18-24-10-12-25(36-9)13-11-24/h10-15,20-23,26-27,29-30H,16-19H2,1-9H3/t26?,27-,29?,30-,32+/m1/s1. The molecule has 4 aliphatic rings. The molecule has 5 rings (SSSR count). The van der Waals surface area contributed by atoms with E-state index in [0.29, 0.717) is 25.4 Å². The van der Waals surface area contributed by atoms with Gasteiger partial charge in [0.15, 0.2) is 0 Å².